The zero-order valence-electron chi connectivity index (χ0n) is 26.6. The fourth-order valence-corrected chi connectivity index (χ4v) is 12.0. The Balaban J connectivity index is 1.39. The van der Waals surface area contributed by atoms with E-state index in [1.54, 1.807) is 13.8 Å². The van der Waals surface area contributed by atoms with Crippen LogP contribution in [-0.2, 0) is 19.1 Å². The lowest BCUT2D eigenvalue weighted by Crippen LogP contribution is -2.64. The van der Waals surface area contributed by atoms with Crippen LogP contribution in [0.2, 0.25) is 0 Å². The summed E-state index contributed by atoms with van der Waals surface area (Å²) in [6, 6.07) is 0. The summed E-state index contributed by atoms with van der Waals surface area (Å²) in [7, 11) is 0. The monoisotopic (exact) mass is 570 g/mol. The molecule has 230 valence electrons. The smallest absolute Gasteiger partial charge is 0.309 e. The standard InChI is InChI=1S/C35H54O6/c1-20(2)21-11-17-35(30(39)40)18-12-23-22(28(21)35)9-10-25-33(23,7)15-13-24-32(5,6)26(14-16-34(24,25)8)41-27(36)19-31(3,4)29(37)38/h21-26,28H,1,9-19H2,2-8H3,(H,37,38)(H,39,40)/t21-,22-,23?,24-,25-,26-,28+,33-,34-,35-/m0/s1. The Kier molecular flexibility index (Phi) is 7.34. The predicted molar refractivity (Wildman–Crippen MR) is 158 cm³/mol. The van der Waals surface area contributed by atoms with E-state index >= 15 is 0 Å². The second-order valence-electron chi connectivity index (χ2n) is 16.7. The number of carbonyl (C=O) groups is 3. The van der Waals surface area contributed by atoms with E-state index in [2.05, 4.69) is 41.2 Å². The van der Waals surface area contributed by atoms with Crippen LogP contribution in [0, 0.1) is 62.6 Å². The van der Waals surface area contributed by atoms with Crippen LogP contribution in [0.1, 0.15) is 119 Å². The van der Waals surface area contributed by atoms with E-state index in [9.17, 15) is 24.6 Å². The molecule has 6 heteroatoms. The van der Waals surface area contributed by atoms with Crippen molar-refractivity contribution in [1.82, 2.24) is 0 Å². The van der Waals surface area contributed by atoms with Gasteiger partial charge in [-0.05, 0) is 131 Å². The van der Waals surface area contributed by atoms with Crippen molar-refractivity contribution in [2.75, 3.05) is 0 Å². The largest absolute Gasteiger partial charge is 0.481 e. The maximum absolute atomic E-state index is 12.9. The number of hydrogen-bond acceptors (Lipinski definition) is 4. The summed E-state index contributed by atoms with van der Waals surface area (Å²) in [6.07, 6.45) is 9.56. The maximum Gasteiger partial charge on any atom is 0.309 e. The molecule has 0 bridgehead atoms. The number of fused-ring (bicyclic) bond motifs is 7. The second-order valence-corrected chi connectivity index (χ2v) is 16.7. The summed E-state index contributed by atoms with van der Waals surface area (Å²) < 4.78 is 6.08. The number of aliphatic carboxylic acids is 2. The number of carboxylic acid groups (broad SMARTS) is 2. The molecule has 0 radical (unpaired) electrons. The highest BCUT2D eigenvalue weighted by Crippen LogP contribution is 2.73. The Labute approximate surface area is 247 Å². The number of carboxylic acids is 2. The van der Waals surface area contributed by atoms with Crippen molar-refractivity contribution in [3.05, 3.63) is 12.2 Å². The molecule has 5 aliphatic carbocycles. The van der Waals surface area contributed by atoms with Crippen molar-refractivity contribution in [3.63, 3.8) is 0 Å². The highest BCUT2D eigenvalue weighted by molar-refractivity contribution is 5.81. The number of allylic oxidation sites excluding steroid dienone is 1. The van der Waals surface area contributed by atoms with Crippen molar-refractivity contribution < 1.29 is 29.3 Å². The molecule has 0 aromatic rings. The number of ether oxygens (including phenoxy) is 1. The number of rotatable bonds is 6. The molecule has 10 atom stereocenters. The minimum atomic E-state index is -1.14. The third-order valence-corrected chi connectivity index (χ3v) is 14.0. The predicted octanol–water partition coefficient (Wildman–Crippen LogP) is 7.75. The molecule has 0 aliphatic heterocycles. The number of esters is 1. The summed E-state index contributed by atoms with van der Waals surface area (Å²) in [5, 5.41) is 20.0. The lowest BCUT2D eigenvalue weighted by Gasteiger charge is -2.69. The Morgan fingerprint density at radius 2 is 1.49 bits per heavy atom. The highest BCUT2D eigenvalue weighted by Gasteiger charge is 2.68. The SMILES string of the molecule is C=C(C)[C@@H]1CC[C@]2(C(=O)O)CCC3[C@H](CC[C@@H]4[C@@]5(C)CC[C@H](OC(=O)CC(C)(C)C(=O)O)C(C)(C)[C@@H]5CC[C@@]34C)[C@@H]12. The van der Waals surface area contributed by atoms with Crippen molar-refractivity contribution in [1.29, 1.82) is 0 Å². The van der Waals surface area contributed by atoms with Crippen LogP contribution in [0.25, 0.3) is 0 Å². The van der Waals surface area contributed by atoms with Crippen molar-refractivity contribution in [2.24, 2.45) is 62.6 Å². The molecule has 5 rings (SSSR count). The topological polar surface area (TPSA) is 101 Å². The van der Waals surface area contributed by atoms with Gasteiger partial charge in [-0.2, -0.15) is 0 Å². The first-order valence-electron chi connectivity index (χ1n) is 16.2. The molecular weight excluding hydrogens is 516 g/mol. The normalized spacial score (nSPS) is 44.9. The molecule has 0 amide bonds. The van der Waals surface area contributed by atoms with Gasteiger partial charge in [0.25, 0.3) is 0 Å². The summed E-state index contributed by atoms with van der Waals surface area (Å²) in [6.45, 7) is 19.2. The van der Waals surface area contributed by atoms with Gasteiger partial charge in [0, 0.05) is 5.41 Å². The van der Waals surface area contributed by atoms with Gasteiger partial charge in [0.05, 0.1) is 17.3 Å². The van der Waals surface area contributed by atoms with Gasteiger partial charge in [-0.25, -0.2) is 0 Å². The molecule has 1 unspecified atom stereocenters. The number of hydrogen-bond donors (Lipinski definition) is 2. The lowest BCUT2D eigenvalue weighted by molar-refractivity contribution is -0.224. The summed E-state index contributed by atoms with van der Waals surface area (Å²) in [4.78, 5) is 37.3. The minimum Gasteiger partial charge on any atom is -0.481 e. The van der Waals surface area contributed by atoms with E-state index in [4.69, 9.17) is 4.74 Å². The maximum atomic E-state index is 12.9. The number of carbonyl (C=O) groups excluding carboxylic acids is 1. The van der Waals surface area contributed by atoms with E-state index in [1.807, 2.05) is 0 Å². The Bertz CT molecular complexity index is 1120. The van der Waals surface area contributed by atoms with Gasteiger partial charge in [0.15, 0.2) is 0 Å². The molecule has 5 fully saturated rings. The van der Waals surface area contributed by atoms with Crippen LogP contribution in [0.3, 0.4) is 0 Å². The first kappa shape index (κ1) is 30.6. The summed E-state index contributed by atoms with van der Waals surface area (Å²) in [5.74, 6) is 0.549. The summed E-state index contributed by atoms with van der Waals surface area (Å²) >= 11 is 0. The third kappa shape index (κ3) is 4.42. The molecule has 5 saturated carbocycles. The zero-order chi connectivity index (χ0) is 30.3. The van der Waals surface area contributed by atoms with E-state index in [-0.39, 0.29) is 34.7 Å². The lowest BCUT2D eigenvalue weighted by atomic mass is 9.36. The first-order chi connectivity index (χ1) is 18.9. The molecule has 41 heavy (non-hydrogen) atoms. The van der Waals surface area contributed by atoms with Crippen molar-refractivity contribution in [3.8, 4) is 0 Å². The van der Waals surface area contributed by atoms with Gasteiger partial charge in [-0.3, -0.25) is 14.4 Å². The zero-order valence-corrected chi connectivity index (χ0v) is 26.6. The van der Waals surface area contributed by atoms with Crippen LogP contribution >= 0.6 is 0 Å². The first-order valence-corrected chi connectivity index (χ1v) is 16.2. The Morgan fingerprint density at radius 3 is 2.10 bits per heavy atom. The molecular formula is C35H54O6. The molecule has 0 saturated heterocycles. The Morgan fingerprint density at radius 1 is 0.854 bits per heavy atom. The molecule has 0 spiro atoms. The van der Waals surface area contributed by atoms with Crippen molar-refractivity contribution >= 4 is 17.9 Å². The van der Waals surface area contributed by atoms with Gasteiger partial charge in [0.1, 0.15) is 6.10 Å². The van der Waals surface area contributed by atoms with Crippen LogP contribution in [-0.4, -0.2) is 34.2 Å². The van der Waals surface area contributed by atoms with Crippen LogP contribution < -0.4 is 0 Å². The fraction of sp³-hybridized carbons (Fsp3) is 0.857. The van der Waals surface area contributed by atoms with Crippen LogP contribution in [0.15, 0.2) is 12.2 Å². The van der Waals surface area contributed by atoms with Crippen molar-refractivity contribution in [2.45, 2.75) is 125 Å². The van der Waals surface area contributed by atoms with E-state index in [0.29, 0.717) is 29.6 Å². The van der Waals surface area contributed by atoms with Gasteiger partial charge < -0.3 is 14.9 Å². The molecule has 0 aromatic carbocycles. The van der Waals surface area contributed by atoms with Crippen LogP contribution in [0.4, 0.5) is 0 Å². The van der Waals surface area contributed by atoms with E-state index in [0.717, 1.165) is 64.2 Å². The fourth-order valence-electron chi connectivity index (χ4n) is 12.0. The second kappa shape index (κ2) is 9.84. The molecule has 2 N–H and O–H groups in total. The van der Waals surface area contributed by atoms with Gasteiger partial charge >= 0.3 is 17.9 Å². The molecule has 6 nitrogen and oxygen atoms in total. The molecule has 0 heterocycles. The minimum absolute atomic E-state index is 0.120. The van der Waals surface area contributed by atoms with Gasteiger partial charge in [0.2, 0.25) is 0 Å². The Hall–Kier alpha value is -1.85. The van der Waals surface area contributed by atoms with Gasteiger partial charge in [-0.15, -0.1) is 0 Å². The van der Waals surface area contributed by atoms with Crippen LogP contribution in [0.5, 0.6) is 0 Å². The van der Waals surface area contributed by atoms with Gasteiger partial charge in [-0.1, -0.05) is 39.8 Å². The quantitative estimate of drug-likeness (QED) is 0.250. The van der Waals surface area contributed by atoms with E-state index < -0.39 is 28.7 Å². The highest BCUT2D eigenvalue weighted by atomic mass is 16.5. The van der Waals surface area contributed by atoms with E-state index in [1.165, 1.54) is 5.57 Å². The average Bonchev–Trinajstić information content (AvgIpc) is 3.27. The average molecular weight is 571 g/mol. The molecule has 5 aliphatic rings. The molecule has 0 aromatic heterocycles. The third-order valence-electron chi connectivity index (χ3n) is 14.0. The summed E-state index contributed by atoms with van der Waals surface area (Å²) in [5.41, 5.74) is -0.426.